The smallest absolute Gasteiger partial charge is 0.373 e. The highest BCUT2D eigenvalue weighted by Crippen LogP contribution is 2.30. The van der Waals surface area contributed by atoms with Gasteiger partial charge < -0.3 is 4.18 Å². The predicted octanol–water partition coefficient (Wildman–Crippen LogP) is 2.06. The molecule has 1 rings (SSSR count). The van der Waals surface area contributed by atoms with E-state index in [0.717, 1.165) is 6.07 Å². The van der Waals surface area contributed by atoms with E-state index in [1.807, 2.05) is 0 Å². The Morgan fingerprint density at radius 1 is 1.22 bits per heavy atom. The second-order valence-corrected chi connectivity index (χ2v) is 4.37. The van der Waals surface area contributed by atoms with E-state index in [-0.39, 0.29) is 0 Å². The number of halogens is 5. The Morgan fingerprint density at radius 3 is 2.22 bits per heavy atom. The van der Waals surface area contributed by atoms with Crippen molar-refractivity contribution in [2.75, 3.05) is 0 Å². The molecule has 0 bridgehead atoms. The van der Waals surface area contributed by atoms with E-state index in [4.69, 9.17) is 5.26 Å². The van der Waals surface area contributed by atoms with Crippen molar-refractivity contribution in [2.24, 2.45) is 0 Å². The molecule has 0 aliphatic heterocycles. The maximum Gasteiger partial charge on any atom is 0.534 e. The number of alkyl halides is 3. The van der Waals surface area contributed by atoms with Crippen LogP contribution in [0.25, 0.3) is 0 Å². The van der Waals surface area contributed by atoms with Crippen LogP contribution >= 0.6 is 0 Å². The summed E-state index contributed by atoms with van der Waals surface area (Å²) in [6.07, 6.45) is 0. The standard InChI is InChI=1S/C8H2F5NO3S/c9-5-1-2-6(7(10)4(5)3-14)17-18(15,16)8(11,12)13/h1-2H. The van der Waals surface area contributed by atoms with Gasteiger partial charge in [0, 0.05) is 0 Å². The summed E-state index contributed by atoms with van der Waals surface area (Å²) in [5.41, 5.74) is -7.01. The lowest BCUT2D eigenvalue weighted by molar-refractivity contribution is -0.0500. The molecular formula is C8H2F5NO3S. The van der Waals surface area contributed by atoms with Crippen molar-refractivity contribution < 1.29 is 34.6 Å². The third-order valence-electron chi connectivity index (χ3n) is 1.65. The Kier molecular flexibility index (Phi) is 3.47. The van der Waals surface area contributed by atoms with Crippen molar-refractivity contribution in [3.63, 3.8) is 0 Å². The average molecular weight is 287 g/mol. The monoisotopic (exact) mass is 287 g/mol. The molecule has 0 aromatic heterocycles. The van der Waals surface area contributed by atoms with Gasteiger partial charge in [0.05, 0.1) is 0 Å². The highest BCUT2D eigenvalue weighted by Gasteiger charge is 2.49. The molecule has 0 unspecified atom stereocenters. The summed E-state index contributed by atoms with van der Waals surface area (Å²) >= 11 is 0. The molecular weight excluding hydrogens is 285 g/mol. The average Bonchev–Trinajstić information content (AvgIpc) is 2.21. The van der Waals surface area contributed by atoms with Crippen LogP contribution in [0.15, 0.2) is 12.1 Å². The first-order valence-electron chi connectivity index (χ1n) is 3.99. The third kappa shape index (κ3) is 2.51. The number of hydrogen-bond acceptors (Lipinski definition) is 4. The molecule has 0 amide bonds. The third-order valence-corrected chi connectivity index (χ3v) is 2.62. The Hall–Kier alpha value is -1.89. The molecule has 1 aromatic rings. The Balaban J connectivity index is 3.28. The van der Waals surface area contributed by atoms with Crippen molar-refractivity contribution in [2.45, 2.75) is 5.51 Å². The van der Waals surface area contributed by atoms with Crippen LogP contribution in [0.4, 0.5) is 22.0 Å². The molecule has 0 N–H and O–H groups in total. The van der Waals surface area contributed by atoms with Crippen LogP contribution in [-0.2, 0) is 10.1 Å². The molecule has 0 fully saturated rings. The first-order valence-corrected chi connectivity index (χ1v) is 5.40. The van der Waals surface area contributed by atoms with Crippen molar-refractivity contribution in [1.82, 2.24) is 0 Å². The Labute approximate surface area is 97.3 Å². The van der Waals surface area contributed by atoms with Crippen LogP contribution in [0.5, 0.6) is 5.75 Å². The second kappa shape index (κ2) is 4.41. The van der Waals surface area contributed by atoms with Crippen LogP contribution < -0.4 is 4.18 Å². The second-order valence-electron chi connectivity index (χ2n) is 2.83. The summed E-state index contributed by atoms with van der Waals surface area (Å²) in [5.74, 6) is -4.60. The van der Waals surface area contributed by atoms with Gasteiger partial charge in [-0.3, -0.25) is 0 Å². The topological polar surface area (TPSA) is 67.2 Å². The van der Waals surface area contributed by atoms with Crippen LogP contribution in [-0.4, -0.2) is 13.9 Å². The van der Waals surface area contributed by atoms with Gasteiger partial charge in [-0.2, -0.15) is 26.9 Å². The fourth-order valence-corrected chi connectivity index (χ4v) is 1.33. The highest BCUT2D eigenvalue weighted by molar-refractivity contribution is 7.88. The van der Waals surface area contributed by atoms with Crippen LogP contribution in [0.3, 0.4) is 0 Å². The first-order chi connectivity index (χ1) is 8.10. The van der Waals surface area contributed by atoms with Gasteiger partial charge in [0.2, 0.25) is 0 Å². The normalized spacial score (nSPS) is 12.0. The molecule has 0 aliphatic rings. The Morgan fingerprint density at radius 2 is 1.78 bits per heavy atom. The first kappa shape index (κ1) is 14.2. The number of nitrogens with zero attached hydrogens (tertiary/aromatic N) is 1. The van der Waals surface area contributed by atoms with Gasteiger partial charge in [-0.1, -0.05) is 0 Å². The SMILES string of the molecule is N#Cc1c(F)ccc(OS(=O)(=O)C(F)(F)F)c1F. The summed E-state index contributed by atoms with van der Waals surface area (Å²) in [7, 11) is -6.08. The molecule has 1 aromatic carbocycles. The van der Waals surface area contributed by atoms with E-state index in [0.29, 0.717) is 12.1 Å². The van der Waals surface area contributed by atoms with Crippen molar-refractivity contribution in [1.29, 1.82) is 5.26 Å². The zero-order chi connectivity index (χ0) is 14.1. The van der Waals surface area contributed by atoms with Crippen molar-refractivity contribution in [3.05, 3.63) is 29.3 Å². The molecule has 10 heteroatoms. The lowest BCUT2D eigenvalue weighted by Crippen LogP contribution is -2.28. The van der Waals surface area contributed by atoms with Gasteiger partial charge >= 0.3 is 15.6 Å². The fraction of sp³-hybridized carbons (Fsp3) is 0.125. The lowest BCUT2D eigenvalue weighted by atomic mass is 10.2. The summed E-state index contributed by atoms with van der Waals surface area (Å²) in [4.78, 5) is 0. The molecule has 0 heterocycles. The molecule has 0 saturated heterocycles. The molecule has 0 radical (unpaired) electrons. The Bertz CT molecular complexity index is 617. The zero-order valence-electron chi connectivity index (χ0n) is 8.12. The lowest BCUT2D eigenvalue weighted by Gasteiger charge is -2.10. The predicted molar refractivity (Wildman–Crippen MR) is 46.7 cm³/mol. The quantitative estimate of drug-likeness (QED) is 0.474. The minimum absolute atomic E-state index is 0.328. The molecule has 18 heavy (non-hydrogen) atoms. The van der Waals surface area contributed by atoms with Crippen molar-refractivity contribution >= 4 is 10.1 Å². The van der Waals surface area contributed by atoms with Gasteiger partial charge in [-0.05, 0) is 12.1 Å². The molecule has 0 aliphatic carbocycles. The minimum Gasteiger partial charge on any atom is -0.373 e. The fourth-order valence-electron chi connectivity index (χ4n) is 0.866. The molecule has 0 atom stereocenters. The number of nitriles is 1. The maximum atomic E-state index is 13.2. The van der Waals surface area contributed by atoms with Gasteiger partial charge in [-0.25, -0.2) is 8.78 Å². The summed E-state index contributed by atoms with van der Waals surface area (Å²) in [6, 6.07) is 1.76. The largest absolute Gasteiger partial charge is 0.534 e. The van der Waals surface area contributed by atoms with E-state index in [2.05, 4.69) is 4.18 Å². The van der Waals surface area contributed by atoms with Gasteiger partial charge in [0.1, 0.15) is 17.4 Å². The molecule has 98 valence electrons. The summed E-state index contributed by atoms with van der Waals surface area (Å²) in [6.45, 7) is 0. The number of benzene rings is 1. The maximum absolute atomic E-state index is 13.2. The van der Waals surface area contributed by atoms with Gasteiger partial charge in [0.25, 0.3) is 0 Å². The van der Waals surface area contributed by atoms with Crippen LogP contribution in [0.1, 0.15) is 5.56 Å². The highest BCUT2D eigenvalue weighted by atomic mass is 32.2. The van der Waals surface area contributed by atoms with E-state index >= 15 is 0 Å². The van der Waals surface area contributed by atoms with Crippen LogP contribution in [0.2, 0.25) is 0 Å². The summed E-state index contributed by atoms with van der Waals surface area (Å²) in [5, 5.41) is 8.32. The van der Waals surface area contributed by atoms with Crippen molar-refractivity contribution in [3.8, 4) is 11.8 Å². The summed E-state index contributed by atoms with van der Waals surface area (Å²) < 4.78 is 86.4. The van der Waals surface area contributed by atoms with Gasteiger partial charge in [-0.15, -0.1) is 0 Å². The minimum atomic E-state index is -6.08. The number of hydrogen-bond donors (Lipinski definition) is 0. The van der Waals surface area contributed by atoms with Gasteiger partial charge in [0.15, 0.2) is 11.6 Å². The number of rotatable bonds is 2. The molecule has 0 spiro atoms. The van der Waals surface area contributed by atoms with Crippen LogP contribution in [0, 0.1) is 23.0 Å². The zero-order valence-corrected chi connectivity index (χ0v) is 8.94. The molecule has 4 nitrogen and oxygen atoms in total. The van der Waals surface area contributed by atoms with E-state index in [1.54, 1.807) is 0 Å². The van der Waals surface area contributed by atoms with E-state index in [1.165, 1.54) is 0 Å². The van der Waals surface area contributed by atoms with E-state index in [9.17, 15) is 30.4 Å². The van der Waals surface area contributed by atoms with E-state index < -0.39 is 38.6 Å². The molecule has 0 saturated carbocycles.